The van der Waals surface area contributed by atoms with Crippen molar-refractivity contribution in [1.29, 1.82) is 0 Å². The second kappa shape index (κ2) is 5.87. The summed E-state index contributed by atoms with van der Waals surface area (Å²) >= 11 is 0. The van der Waals surface area contributed by atoms with Gasteiger partial charge in [-0.2, -0.15) is 0 Å². The van der Waals surface area contributed by atoms with E-state index in [0.717, 1.165) is 30.5 Å². The van der Waals surface area contributed by atoms with Crippen LogP contribution < -0.4 is 16.0 Å². The number of carbonyl (C=O) groups is 1. The maximum Gasteiger partial charge on any atom is 0.322 e. The van der Waals surface area contributed by atoms with E-state index in [1.165, 1.54) is 0 Å². The van der Waals surface area contributed by atoms with Crippen LogP contribution >= 0.6 is 0 Å². The van der Waals surface area contributed by atoms with E-state index in [9.17, 15) is 4.79 Å². The van der Waals surface area contributed by atoms with E-state index in [-0.39, 0.29) is 6.03 Å². The fraction of sp³-hybridized carbons (Fsp3) is 0.500. The minimum atomic E-state index is 0.000231. The second-order valence-corrected chi connectivity index (χ2v) is 4.80. The molecule has 0 atom stereocenters. The Hall–Kier alpha value is -1.55. The molecule has 3 N–H and O–H groups in total. The van der Waals surface area contributed by atoms with Gasteiger partial charge in [-0.1, -0.05) is 18.2 Å². The van der Waals surface area contributed by atoms with Crippen LogP contribution in [-0.2, 0) is 0 Å². The minimum absolute atomic E-state index is 0.000231. The molecule has 1 aliphatic rings. The van der Waals surface area contributed by atoms with Gasteiger partial charge in [0.25, 0.3) is 0 Å². The van der Waals surface area contributed by atoms with Crippen LogP contribution in [0.3, 0.4) is 0 Å². The summed E-state index contributed by atoms with van der Waals surface area (Å²) in [4.78, 5) is 14.0. The summed E-state index contributed by atoms with van der Waals surface area (Å²) in [6.45, 7) is 3.29. The third-order valence-electron chi connectivity index (χ3n) is 3.14. The number of benzene rings is 1. The molecule has 2 rings (SSSR count). The van der Waals surface area contributed by atoms with E-state index < -0.39 is 0 Å². The van der Waals surface area contributed by atoms with Crippen molar-refractivity contribution in [3.8, 4) is 0 Å². The fourth-order valence-corrected chi connectivity index (χ4v) is 1.93. The zero-order chi connectivity index (χ0) is 13.0. The summed E-state index contributed by atoms with van der Waals surface area (Å²) in [7, 11) is 0. The van der Waals surface area contributed by atoms with Gasteiger partial charge >= 0.3 is 6.03 Å². The lowest BCUT2D eigenvalue weighted by Gasteiger charge is -2.24. The van der Waals surface area contributed by atoms with Crippen LogP contribution in [-0.4, -0.2) is 25.2 Å². The molecule has 0 spiro atoms. The van der Waals surface area contributed by atoms with Crippen molar-refractivity contribution in [2.24, 2.45) is 5.73 Å². The SMILES string of the molecule is Cc1ccccc1N(CCCN)C(=O)NC1CC1. The number of amides is 2. The van der Waals surface area contributed by atoms with Gasteiger partial charge in [-0.05, 0) is 44.4 Å². The number of para-hydroxylation sites is 1. The van der Waals surface area contributed by atoms with E-state index in [4.69, 9.17) is 5.73 Å². The van der Waals surface area contributed by atoms with Crippen LogP contribution in [0.4, 0.5) is 10.5 Å². The molecule has 98 valence electrons. The first-order valence-electron chi connectivity index (χ1n) is 6.56. The molecule has 4 nitrogen and oxygen atoms in total. The maximum absolute atomic E-state index is 12.2. The Kier molecular flexibility index (Phi) is 4.20. The molecule has 0 unspecified atom stereocenters. The lowest BCUT2D eigenvalue weighted by molar-refractivity contribution is 0.246. The number of carbonyl (C=O) groups excluding carboxylic acids is 1. The number of anilines is 1. The summed E-state index contributed by atoms with van der Waals surface area (Å²) in [6, 6.07) is 8.33. The monoisotopic (exact) mass is 247 g/mol. The van der Waals surface area contributed by atoms with Gasteiger partial charge in [0.2, 0.25) is 0 Å². The van der Waals surface area contributed by atoms with Gasteiger partial charge in [-0.3, -0.25) is 4.90 Å². The molecule has 2 amide bonds. The number of rotatable bonds is 5. The predicted octanol–water partition coefficient (Wildman–Crippen LogP) is 2.02. The number of nitrogens with one attached hydrogen (secondary N) is 1. The molecule has 1 fully saturated rings. The summed E-state index contributed by atoms with van der Waals surface area (Å²) < 4.78 is 0. The number of aryl methyl sites for hydroxylation is 1. The van der Waals surface area contributed by atoms with Gasteiger partial charge in [0.15, 0.2) is 0 Å². The molecule has 0 aliphatic heterocycles. The summed E-state index contributed by atoms with van der Waals surface area (Å²) in [6.07, 6.45) is 3.01. The van der Waals surface area contributed by atoms with Crippen molar-refractivity contribution in [3.63, 3.8) is 0 Å². The Morgan fingerprint density at radius 1 is 1.44 bits per heavy atom. The Balaban J connectivity index is 2.12. The van der Waals surface area contributed by atoms with Crippen molar-refractivity contribution < 1.29 is 4.79 Å². The van der Waals surface area contributed by atoms with Gasteiger partial charge in [0.05, 0.1) is 0 Å². The molecule has 1 aliphatic carbocycles. The Bertz CT molecular complexity index is 415. The zero-order valence-corrected chi connectivity index (χ0v) is 10.9. The third kappa shape index (κ3) is 3.23. The van der Waals surface area contributed by atoms with Gasteiger partial charge in [0.1, 0.15) is 0 Å². The molecule has 0 saturated heterocycles. The second-order valence-electron chi connectivity index (χ2n) is 4.80. The Morgan fingerprint density at radius 3 is 2.78 bits per heavy atom. The molecule has 1 aromatic rings. The van der Waals surface area contributed by atoms with E-state index in [1.807, 2.05) is 31.2 Å². The molecular formula is C14H21N3O. The first kappa shape index (κ1) is 12.9. The summed E-state index contributed by atoms with van der Waals surface area (Å²) in [5.41, 5.74) is 7.64. The van der Waals surface area contributed by atoms with Gasteiger partial charge in [-0.25, -0.2) is 4.79 Å². The van der Waals surface area contributed by atoms with Crippen LogP contribution in [0.5, 0.6) is 0 Å². The minimum Gasteiger partial charge on any atom is -0.335 e. The average Bonchev–Trinajstić information content (AvgIpc) is 3.15. The molecule has 1 saturated carbocycles. The van der Waals surface area contributed by atoms with Crippen LogP contribution in [0.15, 0.2) is 24.3 Å². The highest BCUT2D eigenvalue weighted by atomic mass is 16.2. The van der Waals surface area contributed by atoms with Crippen molar-refractivity contribution in [2.45, 2.75) is 32.2 Å². The van der Waals surface area contributed by atoms with E-state index in [2.05, 4.69) is 5.32 Å². The topological polar surface area (TPSA) is 58.4 Å². The largest absolute Gasteiger partial charge is 0.335 e. The average molecular weight is 247 g/mol. The van der Waals surface area contributed by atoms with E-state index in [1.54, 1.807) is 4.90 Å². The van der Waals surface area contributed by atoms with Crippen LogP contribution in [0, 0.1) is 6.92 Å². The van der Waals surface area contributed by atoms with Crippen molar-refractivity contribution in [2.75, 3.05) is 18.0 Å². The summed E-state index contributed by atoms with van der Waals surface area (Å²) in [5, 5.41) is 3.03. The predicted molar refractivity (Wildman–Crippen MR) is 73.8 cm³/mol. The first-order chi connectivity index (χ1) is 8.72. The zero-order valence-electron chi connectivity index (χ0n) is 10.9. The van der Waals surface area contributed by atoms with Gasteiger partial charge in [-0.15, -0.1) is 0 Å². The third-order valence-corrected chi connectivity index (χ3v) is 3.14. The van der Waals surface area contributed by atoms with Crippen LogP contribution in [0.2, 0.25) is 0 Å². The highest BCUT2D eigenvalue weighted by Gasteiger charge is 2.26. The molecular weight excluding hydrogens is 226 g/mol. The standard InChI is InChI=1S/C14H21N3O/c1-11-5-2-3-6-13(11)17(10-4-9-15)14(18)16-12-7-8-12/h2-3,5-6,12H,4,7-10,15H2,1H3,(H,16,18). The van der Waals surface area contributed by atoms with Crippen molar-refractivity contribution in [1.82, 2.24) is 5.32 Å². The Labute approximate surface area is 108 Å². The van der Waals surface area contributed by atoms with E-state index >= 15 is 0 Å². The Morgan fingerprint density at radius 2 is 2.17 bits per heavy atom. The molecule has 0 bridgehead atoms. The normalized spacial score (nSPS) is 14.3. The van der Waals surface area contributed by atoms with Crippen molar-refractivity contribution in [3.05, 3.63) is 29.8 Å². The molecule has 0 heterocycles. The molecule has 0 radical (unpaired) electrons. The fourth-order valence-electron chi connectivity index (χ4n) is 1.93. The van der Waals surface area contributed by atoms with Crippen LogP contribution in [0.1, 0.15) is 24.8 Å². The molecule has 0 aromatic heterocycles. The number of hydrogen-bond donors (Lipinski definition) is 2. The quantitative estimate of drug-likeness (QED) is 0.836. The lowest BCUT2D eigenvalue weighted by atomic mass is 10.2. The highest BCUT2D eigenvalue weighted by molar-refractivity contribution is 5.93. The highest BCUT2D eigenvalue weighted by Crippen LogP contribution is 2.23. The summed E-state index contributed by atoms with van der Waals surface area (Å²) in [5.74, 6) is 0. The molecule has 4 heteroatoms. The molecule has 18 heavy (non-hydrogen) atoms. The smallest absolute Gasteiger partial charge is 0.322 e. The first-order valence-corrected chi connectivity index (χ1v) is 6.56. The van der Waals surface area contributed by atoms with E-state index in [0.29, 0.717) is 19.1 Å². The van der Waals surface area contributed by atoms with Crippen molar-refractivity contribution >= 4 is 11.7 Å². The number of nitrogens with zero attached hydrogens (tertiary/aromatic N) is 1. The number of hydrogen-bond acceptors (Lipinski definition) is 2. The lowest BCUT2D eigenvalue weighted by Crippen LogP contribution is -2.42. The molecule has 1 aromatic carbocycles. The number of urea groups is 1. The van der Waals surface area contributed by atoms with Gasteiger partial charge < -0.3 is 11.1 Å². The maximum atomic E-state index is 12.2. The van der Waals surface area contributed by atoms with Gasteiger partial charge in [0, 0.05) is 18.3 Å². The van der Waals surface area contributed by atoms with Crippen LogP contribution in [0.25, 0.3) is 0 Å². The number of nitrogens with two attached hydrogens (primary N) is 1.